The normalized spacial score (nSPS) is 13.6. The minimum absolute atomic E-state index is 0.189. The first kappa shape index (κ1) is 11.5. The van der Waals surface area contributed by atoms with Gasteiger partial charge in [-0.2, -0.15) is 5.10 Å². The third-order valence-electron chi connectivity index (χ3n) is 2.09. The summed E-state index contributed by atoms with van der Waals surface area (Å²) in [5, 5.41) is 4.49. The number of hydrogen-bond donors (Lipinski definition) is 0. The summed E-state index contributed by atoms with van der Waals surface area (Å²) in [6, 6.07) is 2.11. The number of hydrogen-bond acceptors (Lipinski definition) is 2. The van der Waals surface area contributed by atoms with Crippen LogP contribution in [0.1, 0.15) is 18.3 Å². The molecule has 0 amide bonds. The maximum atomic E-state index is 5.92. The molecule has 0 aliphatic rings. The van der Waals surface area contributed by atoms with Crippen molar-refractivity contribution in [3.63, 3.8) is 0 Å². The average Bonchev–Trinajstić information content (AvgIpc) is 2.28. The first-order valence-electron chi connectivity index (χ1n) is 4.81. The van der Waals surface area contributed by atoms with Crippen molar-refractivity contribution in [1.82, 2.24) is 14.7 Å². The van der Waals surface area contributed by atoms with E-state index >= 15 is 0 Å². The van der Waals surface area contributed by atoms with Crippen molar-refractivity contribution in [2.45, 2.75) is 25.8 Å². The second-order valence-corrected chi connectivity index (χ2v) is 4.62. The standard InChI is InChI=1S/C10H18ClN3/c1-8(11)6-13(3)7-10-5-9(2)12-14(10)4/h5,8H,6-7H2,1-4H3. The lowest BCUT2D eigenvalue weighted by Gasteiger charge is -2.17. The summed E-state index contributed by atoms with van der Waals surface area (Å²) < 4.78 is 1.92. The van der Waals surface area contributed by atoms with Crippen LogP contribution in [0.3, 0.4) is 0 Å². The lowest BCUT2D eigenvalue weighted by atomic mass is 10.3. The van der Waals surface area contributed by atoms with Crippen molar-refractivity contribution >= 4 is 11.6 Å². The molecule has 1 aromatic rings. The van der Waals surface area contributed by atoms with Gasteiger partial charge < -0.3 is 0 Å². The Balaban J connectivity index is 2.55. The molecule has 4 heteroatoms. The third kappa shape index (κ3) is 3.31. The molecule has 80 valence electrons. The second kappa shape index (κ2) is 4.80. The monoisotopic (exact) mass is 215 g/mol. The Morgan fingerprint density at radius 1 is 1.64 bits per heavy atom. The van der Waals surface area contributed by atoms with E-state index < -0.39 is 0 Å². The van der Waals surface area contributed by atoms with Gasteiger partial charge in [0.05, 0.1) is 11.4 Å². The largest absolute Gasteiger partial charge is 0.299 e. The number of aryl methyl sites for hydroxylation is 2. The van der Waals surface area contributed by atoms with E-state index in [-0.39, 0.29) is 5.38 Å². The van der Waals surface area contributed by atoms with Crippen molar-refractivity contribution in [3.8, 4) is 0 Å². The molecule has 1 rings (SSSR count). The average molecular weight is 216 g/mol. The molecular formula is C10H18ClN3. The summed E-state index contributed by atoms with van der Waals surface area (Å²) in [5.74, 6) is 0. The van der Waals surface area contributed by atoms with Crippen LogP contribution in [0.15, 0.2) is 6.07 Å². The summed E-state index contributed by atoms with van der Waals surface area (Å²) in [5.41, 5.74) is 2.29. The number of halogens is 1. The molecule has 0 N–H and O–H groups in total. The molecule has 3 nitrogen and oxygen atoms in total. The van der Waals surface area contributed by atoms with E-state index in [0.717, 1.165) is 18.8 Å². The zero-order valence-corrected chi connectivity index (χ0v) is 10.0. The SMILES string of the molecule is Cc1cc(CN(C)CC(C)Cl)n(C)n1. The van der Waals surface area contributed by atoms with Crippen LogP contribution in [0.25, 0.3) is 0 Å². The molecule has 0 aliphatic heterocycles. The van der Waals surface area contributed by atoms with E-state index in [0.29, 0.717) is 0 Å². The van der Waals surface area contributed by atoms with Crippen molar-refractivity contribution < 1.29 is 0 Å². The fourth-order valence-corrected chi connectivity index (χ4v) is 1.82. The van der Waals surface area contributed by atoms with Crippen LogP contribution in [0.2, 0.25) is 0 Å². The van der Waals surface area contributed by atoms with Crippen LogP contribution in [0, 0.1) is 6.92 Å². The van der Waals surface area contributed by atoms with E-state index in [1.54, 1.807) is 0 Å². The molecule has 0 fully saturated rings. The van der Waals surface area contributed by atoms with Crippen molar-refractivity contribution in [1.29, 1.82) is 0 Å². The maximum Gasteiger partial charge on any atom is 0.0597 e. The predicted octanol–water partition coefficient (Wildman–Crippen LogP) is 1.79. The third-order valence-corrected chi connectivity index (χ3v) is 2.23. The van der Waals surface area contributed by atoms with Crippen molar-refractivity contribution in [2.75, 3.05) is 13.6 Å². The summed E-state index contributed by atoms with van der Waals surface area (Å²) >= 11 is 5.92. The predicted molar refractivity (Wildman–Crippen MR) is 59.6 cm³/mol. The minimum Gasteiger partial charge on any atom is -0.299 e. The van der Waals surface area contributed by atoms with E-state index in [9.17, 15) is 0 Å². The van der Waals surface area contributed by atoms with Crippen LogP contribution in [-0.2, 0) is 13.6 Å². The van der Waals surface area contributed by atoms with Crippen LogP contribution >= 0.6 is 11.6 Å². The Hall–Kier alpha value is -0.540. The molecule has 0 aromatic carbocycles. The Morgan fingerprint density at radius 3 is 2.71 bits per heavy atom. The summed E-state index contributed by atoms with van der Waals surface area (Å²) in [6.45, 7) is 5.81. The van der Waals surface area contributed by atoms with Gasteiger partial charge in [-0.15, -0.1) is 11.6 Å². The van der Waals surface area contributed by atoms with Crippen molar-refractivity contribution in [3.05, 3.63) is 17.5 Å². The topological polar surface area (TPSA) is 21.1 Å². The highest BCUT2D eigenvalue weighted by Crippen LogP contribution is 2.06. The van der Waals surface area contributed by atoms with Gasteiger partial charge in [0.1, 0.15) is 0 Å². The molecule has 0 aliphatic carbocycles. The first-order chi connectivity index (χ1) is 6.49. The lowest BCUT2D eigenvalue weighted by molar-refractivity contribution is 0.320. The van der Waals surface area contributed by atoms with Crippen LogP contribution in [0.5, 0.6) is 0 Å². The molecule has 1 aromatic heterocycles. The summed E-state index contributed by atoms with van der Waals surface area (Å²) in [7, 11) is 4.04. The minimum atomic E-state index is 0.189. The Labute approximate surface area is 90.7 Å². The van der Waals surface area contributed by atoms with Crippen LogP contribution < -0.4 is 0 Å². The van der Waals surface area contributed by atoms with E-state index in [2.05, 4.69) is 23.1 Å². The van der Waals surface area contributed by atoms with Gasteiger partial charge in [0.25, 0.3) is 0 Å². The van der Waals surface area contributed by atoms with Gasteiger partial charge in [-0.25, -0.2) is 0 Å². The fourth-order valence-electron chi connectivity index (χ4n) is 1.58. The number of alkyl halides is 1. The highest BCUT2D eigenvalue weighted by Gasteiger charge is 2.07. The Morgan fingerprint density at radius 2 is 2.29 bits per heavy atom. The number of aromatic nitrogens is 2. The molecule has 0 spiro atoms. The lowest BCUT2D eigenvalue weighted by Crippen LogP contribution is -2.25. The quantitative estimate of drug-likeness (QED) is 0.715. The van der Waals surface area contributed by atoms with Gasteiger partial charge in [-0.05, 0) is 27.0 Å². The summed E-state index contributed by atoms with van der Waals surface area (Å²) in [4.78, 5) is 2.20. The molecule has 1 atom stereocenters. The molecule has 14 heavy (non-hydrogen) atoms. The number of nitrogens with zero attached hydrogens (tertiary/aromatic N) is 3. The Bertz CT molecular complexity index is 294. The molecule has 0 radical (unpaired) electrons. The molecule has 0 saturated carbocycles. The van der Waals surface area contributed by atoms with E-state index in [1.165, 1.54) is 5.69 Å². The highest BCUT2D eigenvalue weighted by atomic mass is 35.5. The van der Waals surface area contributed by atoms with Crippen molar-refractivity contribution in [2.24, 2.45) is 7.05 Å². The van der Waals surface area contributed by atoms with Gasteiger partial charge >= 0.3 is 0 Å². The fraction of sp³-hybridized carbons (Fsp3) is 0.700. The van der Waals surface area contributed by atoms with Crippen LogP contribution in [0.4, 0.5) is 0 Å². The second-order valence-electron chi connectivity index (χ2n) is 3.88. The van der Waals surface area contributed by atoms with Crippen LogP contribution in [-0.4, -0.2) is 33.6 Å². The van der Waals surface area contributed by atoms with Gasteiger partial charge in [-0.3, -0.25) is 9.58 Å². The van der Waals surface area contributed by atoms with E-state index in [1.807, 2.05) is 25.6 Å². The first-order valence-corrected chi connectivity index (χ1v) is 5.25. The van der Waals surface area contributed by atoms with Gasteiger partial charge in [0, 0.05) is 25.5 Å². The van der Waals surface area contributed by atoms with Gasteiger partial charge in [-0.1, -0.05) is 0 Å². The highest BCUT2D eigenvalue weighted by molar-refractivity contribution is 6.20. The van der Waals surface area contributed by atoms with E-state index in [4.69, 9.17) is 11.6 Å². The van der Waals surface area contributed by atoms with Gasteiger partial charge in [0.2, 0.25) is 0 Å². The zero-order chi connectivity index (χ0) is 10.7. The Kier molecular flexibility index (Phi) is 3.96. The molecule has 1 heterocycles. The maximum absolute atomic E-state index is 5.92. The number of rotatable bonds is 4. The smallest absolute Gasteiger partial charge is 0.0597 e. The van der Waals surface area contributed by atoms with Gasteiger partial charge in [0.15, 0.2) is 0 Å². The zero-order valence-electron chi connectivity index (χ0n) is 9.29. The molecule has 1 unspecified atom stereocenters. The molecule has 0 saturated heterocycles. The molecular weight excluding hydrogens is 198 g/mol. The summed E-state index contributed by atoms with van der Waals surface area (Å²) in [6.07, 6.45) is 0. The molecule has 0 bridgehead atoms.